The molecule has 0 aliphatic carbocycles. The Kier molecular flexibility index (Phi) is 4.62. The molecule has 0 saturated heterocycles. The summed E-state index contributed by atoms with van der Waals surface area (Å²) < 4.78 is 1.91. The maximum absolute atomic E-state index is 12.1. The Morgan fingerprint density at radius 2 is 2.32 bits per heavy atom. The van der Waals surface area contributed by atoms with E-state index < -0.39 is 0 Å². The van der Waals surface area contributed by atoms with Crippen molar-refractivity contribution in [1.29, 1.82) is 0 Å². The summed E-state index contributed by atoms with van der Waals surface area (Å²) >= 11 is 1.84. The van der Waals surface area contributed by atoms with E-state index in [1.54, 1.807) is 6.33 Å². The molecule has 22 heavy (non-hydrogen) atoms. The minimum absolute atomic E-state index is 0.0708. The fraction of sp³-hybridized carbons (Fsp3) is 0.400. The minimum atomic E-state index is -0.169. The second kappa shape index (κ2) is 6.83. The van der Waals surface area contributed by atoms with E-state index >= 15 is 0 Å². The molecule has 0 spiro atoms. The van der Waals surface area contributed by atoms with Crippen molar-refractivity contribution >= 4 is 17.8 Å². The topological polar surface area (TPSA) is 71.8 Å². The number of carbonyl (C=O) groups excluding carboxylic acids is 1. The zero-order valence-electron chi connectivity index (χ0n) is 12.5. The molecule has 6 nitrogen and oxygen atoms in total. The van der Waals surface area contributed by atoms with Crippen LogP contribution in [-0.4, -0.2) is 26.5 Å². The molecule has 1 aromatic heterocycles. The van der Waals surface area contributed by atoms with Gasteiger partial charge in [-0.25, -0.2) is 4.79 Å². The molecule has 2 aromatic rings. The Morgan fingerprint density at radius 1 is 1.45 bits per heavy atom. The summed E-state index contributed by atoms with van der Waals surface area (Å²) in [6, 6.07) is 8.14. The van der Waals surface area contributed by atoms with Crippen LogP contribution in [0.2, 0.25) is 0 Å². The van der Waals surface area contributed by atoms with Gasteiger partial charge in [0, 0.05) is 17.2 Å². The molecular weight excluding hydrogens is 298 g/mol. The predicted molar refractivity (Wildman–Crippen MR) is 85.6 cm³/mol. The van der Waals surface area contributed by atoms with E-state index in [9.17, 15) is 4.79 Å². The largest absolute Gasteiger partial charge is 0.331 e. The number of aromatic nitrogens is 3. The molecule has 0 unspecified atom stereocenters. The normalized spacial score (nSPS) is 16.9. The summed E-state index contributed by atoms with van der Waals surface area (Å²) in [6.45, 7) is 3.19. The van der Waals surface area contributed by atoms with E-state index in [-0.39, 0.29) is 12.1 Å². The number of nitrogens with one attached hydrogen (secondary N) is 2. The van der Waals surface area contributed by atoms with Crippen molar-refractivity contribution in [3.05, 3.63) is 42.0 Å². The van der Waals surface area contributed by atoms with Crippen LogP contribution < -0.4 is 10.6 Å². The molecule has 0 saturated carbocycles. The van der Waals surface area contributed by atoms with Gasteiger partial charge in [0.1, 0.15) is 6.33 Å². The van der Waals surface area contributed by atoms with Gasteiger partial charge >= 0.3 is 6.03 Å². The Balaban J connectivity index is 1.59. The quantitative estimate of drug-likeness (QED) is 0.908. The Hall–Kier alpha value is -2.02. The number of thioether (sulfide) groups is 1. The van der Waals surface area contributed by atoms with Crippen molar-refractivity contribution in [3.8, 4) is 0 Å². The van der Waals surface area contributed by atoms with Crippen LogP contribution in [0, 0.1) is 0 Å². The summed E-state index contributed by atoms with van der Waals surface area (Å²) in [6.07, 6.45) is 2.61. The van der Waals surface area contributed by atoms with E-state index in [4.69, 9.17) is 0 Å². The number of fused-ring (bicyclic) bond motifs is 1. The highest BCUT2D eigenvalue weighted by atomic mass is 32.2. The highest BCUT2D eigenvalue weighted by Gasteiger charge is 2.21. The van der Waals surface area contributed by atoms with Crippen molar-refractivity contribution in [2.45, 2.75) is 37.4 Å². The minimum Gasteiger partial charge on any atom is -0.331 e. The Bertz CT molecular complexity index is 657. The van der Waals surface area contributed by atoms with Gasteiger partial charge < -0.3 is 15.2 Å². The first kappa shape index (κ1) is 14.9. The van der Waals surface area contributed by atoms with Crippen molar-refractivity contribution in [2.75, 3.05) is 5.75 Å². The summed E-state index contributed by atoms with van der Waals surface area (Å²) in [7, 11) is 0. The third-order valence-electron chi connectivity index (χ3n) is 3.71. The van der Waals surface area contributed by atoms with E-state index in [1.165, 1.54) is 10.5 Å². The molecular formula is C15H19N5OS. The zero-order chi connectivity index (χ0) is 15.4. The molecule has 2 amide bonds. The average molecular weight is 317 g/mol. The molecule has 0 bridgehead atoms. The predicted octanol–water partition coefficient (Wildman–Crippen LogP) is 2.33. The SMILES string of the molecule is CCn1cnnc1CNC(=O)N[C@@H]1CCSc2ccccc21. The maximum atomic E-state index is 12.1. The monoisotopic (exact) mass is 317 g/mol. The second-order valence-corrected chi connectivity index (χ2v) is 6.22. The van der Waals surface area contributed by atoms with Crippen LogP contribution in [-0.2, 0) is 13.1 Å². The van der Waals surface area contributed by atoms with Gasteiger partial charge in [-0.05, 0) is 25.0 Å². The van der Waals surface area contributed by atoms with Gasteiger partial charge in [0.25, 0.3) is 0 Å². The van der Waals surface area contributed by atoms with Gasteiger partial charge in [-0.2, -0.15) is 0 Å². The van der Waals surface area contributed by atoms with Crippen LogP contribution in [0.15, 0.2) is 35.5 Å². The van der Waals surface area contributed by atoms with Gasteiger partial charge in [-0.15, -0.1) is 22.0 Å². The fourth-order valence-corrected chi connectivity index (χ4v) is 3.67. The van der Waals surface area contributed by atoms with Gasteiger partial charge in [0.2, 0.25) is 0 Å². The number of nitrogens with zero attached hydrogens (tertiary/aromatic N) is 3. The number of urea groups is 1. The van der Waals surface area contributed by atoms with E-state index in [1.807, 2.05) is 35.4 Å². The van der Waals surface area contributed by atoms with Crippen molar-refractivity contribution in [2.24, 2.45) is 0 Å². The van der Waals surface area contributed by atoms with Gasteiger partial charge in [0.15, 0.2) is 5.82 Å². The number of carbonyl (C=O) groups is 1. The molecule has 1 aliphatic rings. The average Bonchev–Trinajstić information content (AvgIpc) is 3.01. The van der Waals surface area contributed by atoms with Crippen molar-refractivity contribution in [3.63, 3.8) is 0 Å². The van der Waals surface area contributed by atoms with Crippen LogP contribution in [0.5, 0.6) is 0 Å². The summed E-state index contributed by atoms with van der Waals surface area (Å²) in [5.41, 5.74) is 1.20. The highest BCUT2D eigenvalue weighted by molar-refractivity contribution is 7.99. The first-order valence-corrected chi connectivity index (χ1v) is 8.39. The van der Waals surface area contributed by atoms with Crippen molar-refractivity contribution < 1.29 is 4.79 Å². The first-order chi connectivity index (χ1) is 10.8. The number of hydrogen-bond donors (Lipinski definition) is 2. The van der Waals surface area contributed by atoms with Crippen LogP contribution in [0.25, 0.3) is 0 Å². The van der Waals surface area contributed by atoms with E-state index in [0.717, 1.165) is 24.5 Å². The first-order valence-electron chi connectivity index (χ1n) is 7.40. The third-order valence-corrected chi connectivity index (χ3v) is 4.83. The molecule has 3 rings (SSSR count). The number of hydrogen-bond acceptors (Lipinski definition) is 4. The van der Waals surface area contributed by atoms with Crippen LogP contribution >= 0.6 is 11.8 Å². The number of amides is 2. The lowest BCUT2D eigenvalue weighted by Gasteiger charge is -2.25. The van der Waals surface area contributed by atoms with Gasteiger partial charge in [-0.3, -0.25) is 0 Å². The summed E-state index contributed by atoms with van der Waals surface area (Å²) in [5, 5.41) is 13.8. The number of rotatable bonds is 4. The fourth-order valence-electron chi connectivity index (χ4n) is 2.54. The molecule has 1 aliphatic heterocycles. The Morgan fingerprint density at radius 3 is 3.18 bits per heavy atom. The maximum Gasteiger partial charge on any atom is 0.315 e. The standard InChI is InChI=1S/C15H19N5OS/c1-2-20-10-17-19-14(20)9-16-15(21)18-12-7-8-22-13-6-4-3-5-11(12)13/h3-6,10,12H,2,7-9H2,1H3,(H2,16,18,21)/t12-/m1/s1. The van der Waals surface area contributed by atoms with Crippen molar-refractivity contribution in [1.82, 2.24) is 25.4 Å². The van der Waals surface area contributed by atoms with Crippen LogP contribution in [0.4, 0.5) is 4.79 Å². The summed E-state index contributed by atoms with van der Waals surface area (Å²) in [4.78, 5) is 13.4. The molecule has 0 radical (unpaired) electrons. The molecule has 1 atom stereocenters. The molecule has 2 N–H and O–H groups in total. The second-order valence-electron chi connectivity index (χ2n) is 5.09. The molecule has 1 aromatic carbocycles. The number of aryl methyl sites for hydroxylation is 1. The van der Waals surface area contributed by atoms with Gasteiger partial charge in [-0.1, -0.05) is 18.2 Å². The lowest BCUT2D eigenvalue weighted by molar-refractivity contribution is 0.235. The van der Waals surface area contributed by atoms with E-state index in [2.05, 4.69) is 33.0 Å². The molecule has 116 valence electrons. The summed E-state index contributed by atoms with van der Waals surface area (Å²) in [5.74, 6) is 1.78. The number of benzene rings is 1. The third kappa shape index (κ3) is 3.24. The smallest absolute Gasteiger partial charge is 0.315 e. The molecule has 7 heteroatoms. The van der Waals surface area contributed by atoms with Crippen LogP contribution in [0.3, 0.4) is 0 Å². The molecule has 0 fully saturated rings. The van der Waals surface area contributed by atoms with E-state index in [0.29, 0.717) is 6.54 Å². The zero-order valence-corrected chi connectivity index (χ0v) is 13.3. The lowest BCUT2D eigenvalue weighted by atomic mass is 10.0. The lowest BCUT2D eigenvalue weighted by Crippen LogP contribution is -2.39. The van der Waals surface area contributed by atoms with Crippen LogP contribution in [0.1, 0.15) is 30.8 Å². The highest BCUT2D eigenvalue weighted by Crippen LogP contribution is 2.35. The van der Waals surface area contributed by atoms with Gasteiger partial charge in [0.05, 0.1) is 12.6 Å². The Labute approximate surface area is 133 Å². The molecule has 2 heterocycles.